The quantitative estimate of drug-likeness (QED) is 0.368. The lowest BCUT2D eigenvalue weighted by molar-refractivity contribution is -0.143. The summed E-state index contributed by atoms with van der Waals surface area (Å²) in [6.07, 6.45) is 3.58. The van der Waals surface area contributed by atoms with Crippen LogP contribution >= 0.6 is 0 Å². The van der Waals surface area contributed by atoms with Gasteiger partial charge in [0.2, 0.25) is 5.95 Å². The smallest absolute Gasteiger partial charge is 0.305 e. The zero-order valence-corrected chi connectivity index (χ0v) is 14.8. The van der Waals surface area contributed by atoms with Crippen molar-refractivity contribution in [3.05, 3.63) is 48.8 Å². The molecule has 0 radical (unpaired) electrons. The summed E-state index contributed by atoms with van der Waals surface area (Å²) in [5.41, 5.74) is 1.20. The molecular weight excluding hydrogens is 351 g/mol. The van der Waals surface area contributed by atoms with Crippen molar-refractivity contribution in [3.63, 3.8) is 0 Å². The van der Waals surface area contributed by atoms with E-state index in [1.807, 2.05) is 18.2 Å². The number of benzene rings is 1. The molecule has 3 aromatic rings. The molecule has 2 aromatic heterocycles. The molecule has 1 N–H and O–H groups in total. The van der Waals surface area contributed by atoms with Crippen molar-refractivity contribution in [1.82, 2.24) is 15.0 Å². The van der Waals surface area contributed by atoms with Gasteiger partial charge in [0.15, 0.2) is 0 Å². The molecule has 0 aliphatic rings. The largest absolute Gasteiger partial charge is 0.491 e. The fourth-order valence-electron chi connectivity index (χ4n) is 2.49. The van der Waals surface area contributed by atoms with Gasteiger partial charge >= 0.3 is 5.97 Å². The maximum absolute atomic E-state index is 13.5. The number of anilines is 2. The average molecular weight is 370 g/mol. The first-order valence-corrected chi connectivity index (χ1v) is 8.58. The minimum Gasteiger partial charge on any atom is -0.491 e. The van der Waals surface area contributed by atoms with Crippen molar-refractivity contribution in [3.8, 4) is 5.75 Å². The van der Waals surface area contributed by atoms with Gasteiger partial charge in [0, 0.05) is 17.9 Å². The number of carbonyl (C=O) groups is 1. The van der Waals surface area contributed by atoms with Crippen LogP contribution in [0.1, 0.15) is 19.8 Å². The maximum Gasteiger partial charge on any atom is 0.305 e. The number of pyridine rings is 1. The number of aromatic nitrogens is 3. The van der Waals surface area contributed by atoms with E-state index < -0.39 is 5.95 Å². The fraction of sp³-hybridized carbons (Fsp3) is 0.263. The number of rotatable bonds is 8. The Morgan fingerprint density at radius 1 is 1.22 bits per heavy atom. The number of para-hydroxylation sites is 2. The van der Waals surface area contributed by atoms with Gasteiger partial charge in [-0.25, -0.2) is 15.0 Å². The Labute approximate surface area is 155 Å². The lowest BCUT2D eigenvalue weighted by Crippen LogP contribution is -2.07. The highest BCUT2D eigenvalue weighted by molar-refractivity contribution is 5.90. The highest BCUT2D eigenvalue weighted by atomic mass is 19.1. The first-order chi connectivity index (χ1) is 13.2. The van der Waals surface area contributed by atoms with Gasteiger partial charge in [-0.05, 0) is 25.5 Å². The van der Waals surface area contributed by atoms with Crippen LogP contribution in [0.4, 0.5) is 15.9 Å². The number of hydrogen-bond acceptors (Lipinski definition) is 7. The Bertz CT molecular complexity index is 936. The summed E-state index contributed by atoms with van der Waals surface area (Å²) in [7, 11) is 0. The lowest BCUT2D eigenvalue weighted by atomic mass is 10.2. The Morgan fingerprint density at radius 3 is 2.93 bits per heavy atom. The van der Waals surface area contributed by atoms with E-state index >= 15 is 0 Å². The number of hydrogen-bond donors (Lipinski definition) is 1. The van der Waals surface area contributed by atoms with Gasteiger partial charge in [-0.3, -0.25) is 4.79 Å². The molecule has 0 saturated carbocycles. The molecule has 0 bridgehead atoms. The highest BCUT2D eigenvalue weighted by Gasteiger charge is 2.10. The second-order valence-corrected chi connectivity index (χ2v) is 5.62. The summed E-state index contributed by atoms with van der Waals surface area (Å²) in [5, 5.41) is 3.67. The van der Waals surface area contributed by atoms with Crippen LogP contribution in [0.15, 0.2) is 42.9 Å². The van der Waals surface area contributed by atoms with Gasteiger partial charge in [-0.1, -0.05) is 12.1 Å². The Hall–Kier alpha value is -3.29. The van der Waals surface area contributed by atoms with Gasteiger partial charge in [-0.15, -0.1) is 0 Å². The fourth-order valence-corrected chi connectivity index (χ4v) is 2.49. The zero-order chi connectivity index (χ0) is 19.1. The molecule has 3 rings (SSSR count). The molecule has 0 atom stereocenters. The number of esters is 1. The van der Waals surface area contributed by atoms with Gasteiger partial charge in [0.1, 0.15) is 17.9 Å². The number of ether oxygens (including phenoxy) is 2. The van der Waals surface area contributed by atoms with E-state index in [1.165, 1.54) is 18.6 Å². The third-order valence-corrected chi connectivity index (χ3v) is 3.72. The van der Waals surface area contributed by atoms with Crippen LogP contribution in [-0.2, 0) is 9.53 Å². The Balaban J connectivity index is 1.71. The molecule has 0 unspecified atom stereocenters. The summed E-state index contributed by atoms with van der Waals surface area (Å²) in [4.78, 5) is 23.3. The van der Waals surface area contributed by atoms with Crippen molar-refractivity contribution in [2.24, 2.45) is 0 Å². The van der Waals surface area contributed by atoms with Crippen molar-refractivity contribution in [2.45, 2.75) is 19.8 Å². The molecule has 8 heteroatoms. The van der Waals surface area contributed by atoms with E-state index in [0.717, 1.165) is 0 Å². The molecule has 2 heterocycles. The Kier molecular flexibility index (Phi) is 6.09. The SMILES string of the molecule is CCOC(=O)CCCOc1ccccc1Nc1ncnc2cnc(F)cc12. The van der Waals surface area contributed by atoms with Crippen LogP contribution in [0.25, 0.3) is 10.9 Å². The molecule has 0 saturated heterocycles. The van der Waals surface area contributed by atoms with Crippen molar-refractivity contribution in [2.75, 3.05) is 18.5 Å². The molecule has 0 spiro atoms. The normalized spacial score (nSPS) is 10.6. The van der Waals surface area contributed by atoms with Crippen LogP contribution in [0.3, 0.4) is 0 Å². The number of halogens is 1. The van der Waals surface area contributed by atoms with Gasteiger partial charge < -0.3 is 14.8 Å². The topological polar surface area (TPSA) is 86.2 Å². The van der Waals surface area contributed by atoms with Gasteiger partial charge in [-0.2, -0.15) is 4.39 Å². The molecular formula is C19H19FN4O3. The average Bonchev–Trinajstić information content (AvgIpc) is 2.67. The minimum atomic E-state index is -0.608. The number of nitrogens with one attached hydrogen (secondary N) is 1. The summed E-state index contributed by atoms with van der Waals surface area (Å²) in [6.45, 7) is 2.51. The van der Waals surface area contributed by atoms with Crippen LogP contribution < -0.4 is 10.1 Å². The third-order valence-electron chi connectivity index (χ3n) is 3.72. The summed E-state index contributed by atoms with van der Waals surface area (Å²) < 4.78 is 24.2. The minimum absolute atomic E-state index is 0.240. The predicted octanol–water partition coefficient (Wildman–Crippen LogP) is 3.63. The number of nitrogens with zero attached hydrogens (tertiary/aromatic N) is 3. The Morgan fingerprint density at radius 2 is 2.07 bits per heavy atom. The first kappa shape index (κ1) is 18.5. The number of carbonyl (C=O) groups excluding carboxylic acids is 1. The van der Waals surface area contributed by atoms with E-state index in [9.17, 15) is 9.18 Å². The summed E-state index contributed by atoms with van der Waals surface area (Å²) in [5.74, 6) is 0.200. The first-order valence-electron chi connectivity index (χ1n) is 8.58. The molecule has 140 valence electrons. The third kappa shape index (κ3) is 4.87. The van der Waals surface area contributed by atoms with Gasteiger partial charge in [0.25, 0.3) is 0 Å². The van der Waals surface area contributed by atoms with E-state index in [0.29, 0.717) is 54.2 Å². The second-order valence-electron chi connectivity index (χ2n) is 5.62. The van der Waals surface area contributed by atoms with E-state index in [4.69, 9.17) is 9.47 Å². The zero-order valence-electron chi connectivity index (χ0n) is 14.8. The molecule has 1 aromatic carbocycles. The number of fused-ring (bicyclic) bond motifs is 1. The predicted molar refractivity (Wildman–Crippen MR) is 98.4 cm³/mol. The van der Waals surface area contributed by atoms with Crippen LogP contribution in [0.5, 0.6) is 5.75 Å². The summed E-state index contributed by atoms with van der Waals surface area (Å²) >= 11 is 0. The van der Waals surface area contributed by atoms with Crippen molar-refractivity contribution >= 4 is 28.4 Å². The van der Waals surface area contributed by atoms with Crippen molar-refractivity contribution < 1.29 is 18.7 Å². The van der Waals surface area contributed by atoms with E-state index in [-0.39, 0.29) is 5.97 Å². The second kappa shape index (κ2) is 8.88. The molecule has 0 amide bonds. The monoisotopic (exact) mass is 370 g/mol. The van der Waals surface area contributed by atoms with E-state index in [1.54, 1.807) is 13.0 Å². The van der Waals surface area contributed by atoms with Crippen LogP contribution in [0.2, 0.25) is 0 Å². The molecule has 0 aliphatic heterocycles. The lowest BCUT2D eigenvalue weighted by Gasteiger charge is -2.13. The van der Waals surface area contributed by atoms with Gasteiger partial charge in [0.05, 0.1) is 30.6 Å². The maximum atomic E-state index is 13.5. The van der Waals surface area contributed by atoms with Crippen LogP contribution in [-0.4, -0.2) is 34.1 Å². The molecule has 27 heavy (non-hydrogen) atoms. The molecule has 0 aliphatic carbocycles. The summed E-state index contributed by atoms with van der Waals surface area (Å²) in [6, 6.07) is 8.59. The van der Waals surface area contributed by atoms with Crippen molar-refractivity contribution in [1.29, 1.82) is 0 Å². The van der Waals surface area contributed by atoms with Crippen LogP contribution in [0, 0.1) is 5.95 Å². The van der Waals surface area contributed by atoms with E-state index in [2.05, 4.69) is 20.3 Å². The molecule has 0 fully saturated rings. The standard InChI is InChI=1S/C19H19FN4O3/c1-2-26-18(25)8-5-9-27-16-7-4-3-6-14(16)24-19-13-10-17(20)21-11-15(13)22-12-23-19/h3-4,6-7,10-12H,2,5,8-9H2,1H3,(H,22,23,24). The molecule has 7 nitrogen and oxygen atoms in total. The highest BCUT2D eigenvalue weighted by Crippen LogP contribution is 2.29.